The first kappa shape index (κ1) is 24.3. The van der Waals surface area contributed by atoms with Crippen LogP contribution in [0.3, 0.4) is 0 Å². The summed E-state index contributed by atoms with van der Waals surface area (Å²) in [5.41, 5.74) is 2.19. The molecule has 1 fully saturated rings. The number of amides is 1. The van der Waals surface area contributed by atoms with Crippen LogP contribution in [-0.2, 0) is 0 Å². The lowest BCUT2D eigenvalue weighted by Gasteiger charge is -2.24. The van der Waals surface area contributed by atoms with Gasteiger partial charge in [0, 0.05) is 12.6 Å². The second kappa shape index (κ2) is 9.60. The van der Waals surface area contributed by atoms with Crippen molar-refractivity contribution in [3.05, 3.63) is 71.7 Å². The van der Waals surface area contributed by atoms with Crippen LogP contribution in [0.25, 0.3) is 17.0 Å². The SMILES string of the molecule is COc1cc(C(=O)N2CCCC2c2cc(-c3ccccc3OC(F)(F)F)on2)c(-n2nccn2)cc1C. The Hall–Kier alpha value is -4.35. The van der Waals surface area contributed by atoms with Crippen molar-refractivity contribution < 1.29 is 32.0 Å². The van der Waals surface area contributed by atoms with Gasteiger partial charge in [-0.3, -0.25) is 4.79 Å². The lowest BCUT2D eigenvalue weighted by atomic mass is 10.1. The van der Waals surface area contributed by atoms with Gasteiger partial charge in [-0.05, 0) is 49.6 Å². The molecule has 0 spiro atoms. The fourth-order valence-corrected chi connectivity index (χ4v) is 4.50. The largest absolute Gasteiger partial charge is 0.573 e. The molecule has 2 aromatic carbocycles. The van der Waals surface area contributed by atoms with Gasteiger partial charge in [-0.2, -0.15) is 15.0 Å². The van der Waals surface area contributed by atoms with Crippen molar-refractivity contribution in [1.82, 2.24) is 25.1 Å². The number of hydrogen-bond acceptors (Lipinski definition) is 7. The fourth-order valence-electron chi connectivity index (χ4n) is 4.50. The average molecular weight is 513 g/mol. The zero-order valence-corrected chi connectivity index (χ0v) is 19.9. The minimum absolute atomic E-state index is 0.102. The maximum atomic E-state index is 13.8. The number of alkyl halides is 3. The predicted octanol–water partition coefficient (Wildman–Crippen LogP) is 5.12. The van der Waals surface area contributed by atoms with Gasteiger partial charge in [-0.25, -0.2) is 0 Å². The Labute approximate surface area is 209 Å². The van der Waals surface area contributed by atoms with Crippen molar-refractivity contribution in [1.29, 1.82) is 0 Å². The molecule has 1 unspecified atom stereocenters. The highest BCUT2D eigenvalue weighted by Crippen LogP contribution is 2.39. The Balaban J connectivity index is 1.48. The van der Waals surface area contributed by atoms with Crippen molar-refractivity contribution >= 4 is 5.91 Å². The van der Waals surface area contributed by atoms with E-state index in [9.17, 15) is 18.0 Å². The molecule has 9 nitrogen and oxygen atoms in total. The molecule has 0 N–H and O–H groups in total. The minimum Gasteiger partial charge on any atom is -0.496 e. The minimum atomic E-state index is -4.86. The molecule has 1 aliphatic rings. The molecule has 1 atom stereocenters. The van der Waals surface area contributed by atoms with E-state index in [1.54, 1.807) is 29.2 Å². The van der Waals surface area contributed by atoms with E-state index in [0.717, 1.165) is 5.56 Å². The molecular weight excluding hydrogens is 491 g/mol. The molecule has 1 aliphatic heterocycles. The number of para-hydroxylation sites is 1. The topological polar surface area (TPSA) is 95.5 Å². The number of aromatic nitrogens is 4. The number of rotatable bonds is 6. The van der Waals surface area contributed by atoms with Crippen LogP contribution in [0, 0.1) is 6.92 Å². The van der Waals surface area contributed by atoms with Crippen LogP contribution in [-0.4, -0.2) is 51.0 Å². The highest BCUT2D eigenvalue weighted by atomic mass is 19.4. The van der Waals surface area contributed by atoms with E-state index in [1.807, 2.05) is 6.92 Å². The van der Waals surface area contributed by atoms with Gasteiger partial charge >= 0.3 is 6.36 Å². The summed E-state index contributed by atoms with van der Waals surface area (Å²) in [5, 5.41) is 12.4. The summed E-state index contributed by atoms with van der Waals surface area (Å²) >= 11 is 0. The van der Waals surface area contributed by atoms with E-state index >= 15 is 0 Å². The second-order valence-corrected chi connectivity index (χ2v) is 8.47. The van der Waals surface area contributed by atoms with E-state index in [0.29, 0.717) is 42.1 Å². The van der Waals surface area contributed by atoms with Crippen molar-refractivity contribution in [3.8, 4) is 28.5 Å². The third-order valence-electron chi connectivity index (χ3n) is 6.14. The number of hydrogen-bond donors (Lipinski definition) is 0. The third kappa shape index (κ3) is 4.86. The zero-order valence-electron chi connectivity index (χ0n) is 19.9. The van der Waals surface area contributed by atoms with Crippen LogP contribution in [0.2, 0.25) is 0 Å². The summed E-state index contributed by atoms with van der Waals surface area (Å²) in [7, 11) is 1.53. The maximum absolute atomic E-state index is 13.8. The molecule has 0 aliphatic carbocycles. The number of methoxy groups -OCH3 is 1. The average Bonchev–Trinajstić information content (AvgIpc) is 3.64. The predicted molar refractivity (Wildman–Crippen MR) is 124 cm³/mol. The van der Waals surface area contributed by atoms with Crippen LogP contribution in [0.4, 0.5) is 13.2 Å². The summed E-state index contributed by atoms with van der Waals surface area (Å²) in [6, 6.07) is 10.2. The van der Waals surface area contributed by atoms with E-state index in [4.69, 9.17) is 9.26 Å². The fraction of sp³-hybridized carbons (Fsp3) is 0.280. The third-order valence-corrected chi connectivity index (χ3v) is 6.14. The molecule has 5 rings (SSSR count). The number of carbonyl (C=O) groups excluding carboxylic acids is 1. The molecular formula is C25H22F3N5O4. The Morgan fingerprint density at radius 3 is 2.59 bits per heavy atom. The second-order valence-electron chi connectivity index (χ2n) is 8.47. The molecule has 2 aromatic heterocycles. The van der Waals surface area contributed by atoms with Crippen molar-refractivity contribution in [2.24, 2.45) is 0 Å². The molecule has 1 saturated heterocycles. The van der Waals surface area contributed by atoms with Gasteiger partial charge < -0.3 is 18.9 Å². The summed E-state index contributed by atoms with van der Waals surface area (Å²) in [6.45, 7) is 2.32. The van der Waals surface area contributed by atoms with Crippen LogP contribution in [0.5, 0.6) is 11.5 Å². The molecule has 0 saturated carbocycles. The number of likely N-dealkylation sites (tertiary alicyclic amines) is 1. The monoisotopic (exact) mass is 513 g/mol. The lowest BCUT2D eigenvalue weighted by molar-refractivity contribution is -0.274. The first-order chi connectivity index (χ1) is 17.7. The Kier molecular flexibility index (Phi) is 6.32. The number of aryl methyl sites for hydroxylation is 1. The highest BCUT2D eigenvalue weighted by Gasteiger charge is 2.36. The molecule has 4 aromatic rings. The number of ether oxygens (including phenoxy) is 2. The van der Waals surface area contributed by atoms with Gasteiger partial charge in [-0.1, -0.05) is 17.3 Å². The van der Waals surface area contributed by atoms with Gasteiger partial charge in [0.05, 0.1) is 42.4 Å². The van der Waals surface area contributed by atoms with Gasteiger partial charge in [0.15, 0.2) is 5.76 Å². The molecule has 1 amide bonds. The van der Waals surface area contributed by atoms with Gasteiger partial charge in [-0.15, -0.1) is 13.2 Å². The van der Waals surface area contributed by atoms with Crippen LogP contribution < -0.4 is 9.47 Å². The van der Waals surface area contributed by atoms with E-state index in [1.165, 1.54) is 42.5 Å². The Morgan fingerprint density at radius 1 is 1.11 bits per heavy atom. The van der Waals surface area contributed by atoms with Crippen LogP contribution in [0.1, 0.15) is 40.5 Å². The lowest BCUT2D eigenvalue weighted by Crippen LogP contribution is -2.31. The van der Waals surface area contributed by atoms with Crippen molar-refractivity contribution in [2.75, 3.05) is 13.7 Å². The number of benzene rings is 2. The first-order valence-corrected chi connectivity index (χ1v) is 11.4. The highest BCUT2D eigenvalue weighted by molar-refractivity contribution is 5.98. The zero-order chi connectivity index (χ0) is 26.2. The molecule has 192 valence electrons. The van der Waals surface area contributed by atoms with E-state index in [2.05, 4.69) is 20.1 Å². The Morgan fingerprint density at radius 2 is 1.86 bits per heavy atom. The summed E-state index contributed by atoms with van der Waals surface area (Å²) in [5.74, 6) is -0.0359. The smallest absolute Gasteiger partial charge is 0.496 e. The molecule has 0 bridgehead atoms. The Bertz CT molecular complexity index is 1420. The van der Waals surface area contributed by atoms with Gasteiger partial charge in [0.2, 0.25) is 0 Å². The molecule has 3 heterocycles. The van der Waals surface area contributed by atoms with Crippen molar-refractivity contribution in [2.45, 2.75) is 32.2 Å². The van der Waals surface area contributed by atoms with Gasteiger partial charge in [0.1, 0.15) is 17.2 Å². The summed E-state index contributed by atoms with van der Waals surface area (Å²) < 4.78 is 53.6. The number of halogens is 3. The number of nitrogens with zero attached hydrogens (tertiary/aromatic N) is 5. The summed E-state index contributed by atoms with van der Waals surface area (Å²) in [4.78, 5) is 16.8. The van der Waals surface area contributed by atoms with Crippen LogP contribution >= 0.6 is 0 Å². The van der Waals surface area contributed by atoms with Crippen LogP contribution in [0.15, 0.2) is 59.4 Å². The normalized spacial score (nSPS) is 15.7. The van der Waals surface area contributed by atoms with Gasteiger partial charge in [0.25, 0.3) is 5.91 Å². The van der Waals surface area contributed by atoms with E-state index < -0.39 is 18.2 Å². The first-order valence-electron chi connectivity index (χ1n) is 11.4. The number of carbonyl (C=O) groups is 1. The van der Waals surface area contributed by atoms with Crippen molar-refractivity contribution in [3.63, 3.8) is 0 Å². The molecule has 37 heavy (non-hydrogen) atoms. The van der Waals surface area contributed by atoms with E-state index in [-0.39, 0.29) is 17.2 Å². The maximum Gasteiger partial charge on any atom is 0.573 e. The molecule has 12 heteroatoms. The molecule has 0 radical (unpaired) electrons. The standard InChI is InChI=1S/C25H22F3N5O4/c1-15-12-20(33-29-9-10-30-33)17(13-22(15)35-2)24(34)32-11-5-7-19(32)18-14-23(37-31-18)16-6-3-4-8-21(16)36-25(26,27)28/h3-4,6,8-10,12-14,19H,5,7,11H2,1-2H3. The summed E-state index contributed by atoms with van der Waals surface area (Å²) in [6.07, 6.45) is -0.501. The quantitative estimate of drug-likeness (QED) is 0.353.